The van der Waals surface area contributed by atoms with Gasteiger partial charge < -0.3 is 33.3 Å². The molecule has 0 aromatic rings. The average molecular weight is 1010 g/mol. The highest BCUT2D eigenvalue weighted by Gasteiger charge is 2.22. The Labute approximate surface area is 442 Å². The number of carboxylic acids is 1. The fraction of sp³-hybridized carbons (Fsp3) is 0.698. The summed E-state index contributed by atoms with van der Waals surface area (Å²) in [6, 6.07) is 0. The van der Waals surface area contributed by atoms with Gasteiger partial charge in [-0.1, -0.05) is 214 Å². The Bertz CT molecular complexity index is 1500. The van der Waals surface area contributed by atoms with Gasteiger partial charge in [-0.25, -0.2) is 0 Å². The van der Waals surface area contributed by atoms with E-state index in [0.717, 1.165) is 103 Å². The number of aliphatic carboxylic acids is 1. The molecule has 0 fully saturated rings. The maximum Gasteiger partial charge on any atom is 0.306 e. The standard InChI is InChI=1S/C63H107NO8/c1-6-8-10-12-14-16-18-20-22-24-26-27-28-29-30-31-32-33-34-35-36-38-40-42-44-46-48-50-52-54-61(66)72-59(58-71-63(62(67)68)69-56-55-64(3,4)5)57-70-60(65)53-51-49-47-45-43-41-39-37-25-23-21-19-17-15-13-11-9-7-2/h8,10,14,16,20,22-23,25-27,29-30,32-33,35-36,59,63H,6-7,9,11-13,15,17-19,21,24,28,31,34,37-58H2,1-5H3/b10-8-,16-14-,22-20-,25-23-,27-26-,30-29-,33-32-,36-35-. The van der Waals surface area contributed by atoms with Gasteiger partial charge >= 0.3 is 11.9 Å². The van der Waals surface area contributed by atoms with Gasteiger partial charge in [0.2, 0.25) is 0 Å². The normalized spacial score (nSPS) is 13.5. The Morgan fingerprint density at radius 2 is 0.792 bits per heavy atom. The summed E-state index contributed by atoms with van der Waals surface area (Å²) in [4.78, 5) is 37.3. The molecule has 0 aromatic carbocycles. The van der Waals surface area contributed by atoms with Crippen LogP contribution in [0.5, 0.6) is 0 Å². The Kier molecular flexibility index (Phi) is 50.7. The highest BCUT2D eigenvalue weighted by atomic mass is 16.7. The van der Waals surface area contributed by atoms with Crippen molar-refractivity contribution in [3.63, 3.8) is 0 Å². The van der Waals surface area contributed by atoms with E-state index in [0.29, 0.717) is 17.4 Å². The summed E-state index contributed by atoms with van der Waals surface area (Å²) in [6.07, 6.45) is 68.7. The van der Waals surface area contributed by atoms with Gasteiger partial charge in [-0.2, -0.15) is 0 Å². The van der Waals surface area contributed by atoms with E-state index >= 15 is 0 Å². The molecule has 0 aliphatic rings. The zero-order valence-electron chi connectivity index (χ0n) is 46.8. The minimum absolute atomic E-state index is 0.140. The number of likely N-dealkylation sites (N-methyl/N-ethyl adjacent to an activating group) is 1. The number of unbranched alkanes of at least 4 members (excludes halogenated alkanes) is 21. The minimum Gasteiger partial charge on any atom is -0.545 e. The molecule has 72 heavy (non-hydrogen) atoms. The highest BCUT2D eigenvalue weighted by Crippen LogP contribution is 2.14. The maximum atomic E-state index is 12.9. The van der Waals surface area contributed by atoms with E-state index in [9.17, 15) is 19.5 Å². The van der Waals surface area contributed by atoms with Crippen molar-refractivity contribution < 1.29 is 42.9 Å². The van der Waals surface area contributed by atoms with Gasteiger partial charge in [0, 0.05) is 12.8 Å². The number of quaternary nitrogens is 1. The lowest BCUT2D eigenvalue weighted by Gasteiger charge is -2.26. The van der Waals surface area contributed by atoms with E-state index in [-0.39, 0.29) is 38.6 Å². The zero-order chi connectivity index (χ0) is 52.7. The molecular formula is C63H107NO8. The Morgan fingerprint density at radius 3 is 1.19 bits per heavy atom. The fourth-order valence-electron chi connectivity index (χ4n) is 7.63. The number of rotatable bonds is 52. The summed E-state index contributed by atoms with van der Waals surface area (Å²) in [6.45, 7) is 4.61. The molecular weight excluding hydrogens is 899 g/mol. The van der Waals surface area contributed by atoms with Crippen molar-refractivity contribution in [3.05, 3.63) is 97.2 Å². The third-order valence-corrected chi connectivity index (χ3v) is 12.1. The van der Waals surface area contributed by atoms with Crippen LogP contribution in [0.2, 0.25) is 0 Å². The summed E-state index contributed by atoms with van der Waals surface area (Å²) in [5, 5.41) is 11.8. The van der Waals surface area contributed by atoms with Crippen LogP contribution in [0.1, 0.15) is 226 Å². The van der Waals surface area contributed by atoms with Crippen molar-refractivity contribution in [1.82, 2.24) is 0 Å². The third kappa shape index (κ3) is 54.0. The number of nitrogens with zero attached hydrogens (tertiary/aromatic N) is 1. The molecule has 0 aliphatic carbocycles. The minimum atomic E-state index is -1.63. The first-order valence-electron chi connectivity index (χ1n) is 28.9. The number of allylic oxidation sites excluding steroid dienone is 16. The monoisotopic (exact) mass is 1010 g/mol. The number of carboxylic acid groups (broad SMARTS) is 1. The SMILES string of the molecule is CC/C=C\C/C=C\C/C=C\C/C=C\C/C=C\C/C=C\C/C=C\CCCCCCCCCC(=O)OC(COC(=O)CCCCCCCCC/C=C\CCCCCCCCC)COC(OCC[N+](C)(C)C)C(=O)[O-]. The van der Waals surface area contributed by atoms with Crippen LogP contribution in [0.25, 0.3) is 0 Å². The van der Waals surface area contributed by atoms with E-state index in [2.05, 4.69) is 111 Å². The first kappa shape index (κ1) is 68.2. The van der Waals surface area contributed by atoms with Crippen LogP contribution in [-0.2, 0) is 33.3 Å². The fourth-order valence-corrected chi connectivity index (χ4v) is 7.63. The topological polar surface area (TPSA) is 111 Å². The lowest BCUT2D eigenvalue weighted by atomic mass is 10.1. The predicted molar refractivity (Wildman–Crippen MR) is 301 cm³/mol. The van der Waals surface area contributed by atoms with Gasteiger partial charge in [0.1, 0.15) is 13.2 Å². The number of hydrogen-bond donors (Lipinski definition) is 0. The van der Waals surface area contributed by atoms with Crippen molar-refractivity contribution in [2.24, 2.45) is 0 Å². The Morgan fingerprint density at radius 1 is 0.431 bits per heavy atom. The van der Waals surface area contributed by atoms with Gasteiger partial charge in [-0.05, 0) is 96.3 Å². The van der Waals surface area contributed by atoms with Crippen molar-refractivity contribution in [2.45, 2.75) is 238 Å². The summed E-state index contributed by atoms with van der Waals surface area (Å²) in [7, 11) is 5.91. The third-order valence-electron chi connectivity index (χ3n) is 12.1. The predicted octanol–water partition coefficient (Wildman–Crippen LogP) is 15.6. The summed E-state index contributed by atoms with van der Waals surface area (Å²) < 4.78 is 22.7. The first-order chi connectivity index (χ1) is 35.1. The van der Waals surface area contributed by atoms with E-state index in [1.807, 2.05) is 21.1 Å². The molecule has 0 aromatic heterocycles. The second-order valence-corrected chi connectivity index (χ2v) is 20.2. The molecule has 2 unspecified atom stereocenters. The van der Waals surface area contributed by atoms with Crippen molar-refractivity contribution in [1.29, 1.82) is 0 Å². The molecule has 9 heteroatoms. The number of carbonyl (C=O) groups is 3. The molecule has 0 rings (SSSR count). The molecule has 412 valence electrons. The second-order valence-electron chi connectivity index (χ2n) is 20.2. The maximum absolute atomic E-state index is 12.9. The molecule has 9 nitrogen and oxygen atoms in total. The van der Waals surface area contributed by atoms with Crippen LogP contribution in [-0.4, -0.2) is 82.3 Å². The van der Waals surface area contributed by atoms with Crippen molar-refractivity contribution >= 4 is 17.9 Å². The van der Waals surface area contributed by atoms with Crippen LogP contribution in [0.3, 0.4) is 0 Å². The van der Waals surface area contributed by atoms with Gasteiger partial charge in [-0.3, -0.25) is 9.59 Å². The smallest absolute Gasteiger partial charge is 0.306 e. The van der Waals surface area contributed by atoms with E-state index in [1.54, 1.807) is 0 Å². The van der Waals surface area contributed by atoms with Crippen LogP contribution >= 0.6 is 0 Å². The molecule has 0 spiro atoms. The Balaban J connectivity index is 4.31. The van der Waals surface area contributed by atoms with Crippen LogP contribution in [0.15, 0.2) is 97.2 Å². The highest BCUT2D eigenvalue weighted by molar-refractivity contribution is 5.70. The molecule has 0 radical (unpaired) electrons. The second kappa shape index (κ2) is 53.5. The largest absolute Gasteiger partial charge is 0.545 e. The van der Waals surface area contributed by atoms with E-state index < -0.39 is 24.3 Å². The van der Waals surface area contributed by atoms with Crippen molar-refractivity contribution in [3.8, 4) is 0 Å². The lowest BCUT2D eigenvalue weighted by Crippen LogP contribution is -2.44. The van der Waals surface area contributed by atoms with Gasteiger partial charge in [-0.15, -0.1) is 0 Å². The molecule has 2 atom stereocenters. The summed E-state index contributed by atoms with van der Waals surface area (Å²) >= 11 is 0. The van der Waals surface area contributed by atoms with Gasteiger partial charge in [0.15, 0.2) is 12.4 Å². The number of esters is 2. The molecule has 0 aliphatic heterocycles. The Hall–Kier alpha value is -3.79. The molecule has 0 heterocycles. The molecule has 0 N–H and O–H groups in total. The number of carbonyl (C=O) groups excluding carboxylic acids is 3. The number of hydrogen-bond acceptors (Lipinski definition) is 8. The van der Waals surface area contributed by atoms with Crippen LogP contribution in [0, 0.1) is 0 Å². The van der Waals surface area contributed by atoms with E-state index in [4.69, 9.17) is 18.9 Å². The average Bonchev–Trinajstić information content (AvgIpc) is 3.35. The molecule has 0 amide bonds. The van der Waals surface area contributed by atoms with Gasteiger partial charge in [0.25, 0.3) is 0 Å². The van der Waals surface area contributed by atoms with Crippen LogP contribution < -0.4 is 5.11 Å². The van der Waals surface area contributed by atoms with Gasteiger partial charge in [0.05, 0.1) is 40.3 Å². The first-order valence-corrected chi connectivity index (χ1v) is 28.9. The molecule has 0 saturated carbocycles. The zero-order valence-corrected chi connectivity index (χ0v) is 46.8. The molecule has 0 bridgehead atoms. The lowest BCUT2D eigenvalue weighted by molar-refractivity contribution is -0.870. The van der Waals surface area contributed by atoms with Crippen molar-refractivity contribution in [2.75, 3.05) is 47.5 Å². The van der Waals surface area contributed by atoms with Crippen LogP contribution in [0.4, 0.5) is 0 Å². The van der Waals surface area contributed by atoms with E-state index in [1.165, 1.54) is 89.9 Å². The summed E-state index contributed by atoms with van der Waals surface area (Å²) in [5.41, 5.74) is 0. The quantitative estimate of drug-likeness (QED) is 0.0195. The number of ether oxygens (including phenoxy) is 4. The molecule has 0 saturated heterocycles. The summed E-state index contributed by atoms with van der Waals surface area (Å²) in [5.74, 6) is -2.31.